The Morgan fingerprint density at radius 1 is 0.240 bits per heavy atom. The Labute approximate surface area is 287 Å². The van der Waals surface area contributed by atoms with Gasteiger partial charge in [0.05, 0.1) is 0 Å². The summed E-state index contributed by atoms with van der Waals surface area (Å²) < 4.78 is 12.6. The number of fused-ring (bicyclic) bond motifs is 9. The second-order valence-electron chi connectivity index (χ2n) is 13.2. The van der Waals surface area contributed by atoms with Crippen LogP contribution < -0.4 is 0 Å². The third-order valence-corrected chi connectivity index (χ3v) is 10.4. The van der Waals surface area contributed by atoms with E-state index in [9.17, 15) is 0 Å². The van der Waals surface area contributed by atoms with Gasteiger partial charge in [-0.3, -0.25) is 0 Å². The lowest BCUT2D eigenvalue weighted by atomic mass is 9.85. The average molecular weight is 637 g/mol. The summed E-state index contributed by atoms with van der Waals surface area (Å²) in [7, 11) is 0. The van der Waals surface area contributed by atoms with Crippen LogP contribution in [0.25, 0.3) is 110 Å². The summed E-state index contributed by atoms with van der Waals surface area (Å²) >= 11 is 0. The van der Waals surface area contributed by atoms with Gasteiger partial charge in [-0.15, -0.1) is 0 Å². The van der Waals surface area contributed by atoms with Gasteiger partial charge in [-0.05, 0) is 108 Å². The van der Waals surface area contributed by atoms with Crippen LogP contribution in [0, 0.1) is 0 Å². The van der Waals surface area contributed by atoms with Gasteiger partial charge in [0, 0.05) is 21.5 Å². The van der Waals surface area contributed by atoms with E-state index in [-0.39, 0.29) is 0 Å². The lowest BCUT2D eigenvalue weighted by molar-refractivity contribution is 0.664. The van der Waals surface area contributed by atoms with Crippen molar-refractivity contribution in [3.63, 3.8) is 0 Å². The first-order valence-corrected chi connectivity index (χ1v) is 17.1. The van der Waals surface area contributed by atoms with Crippen LogP contribution in [0.2, 0.25) is 0 Å². The summed E-state index contributed by atoms with van der Waals surface area (Å²) in [5, 5.41) is 11.8. The molecule has 0 saturated heterocycles. The van der Waals surface area contributed by atoms with Crippen molar-refractivity contribution in [1.82, 2.24) is 0 Å². The Hall–Kier alpha value is -6.64. The third-order valence-electron chi connectivity index (χ3n) is 10.4. The average Bonchev–Trinajstić information content (AvgIpc) is 3.72. The first-order valence-electron chi connectivity index (χ1n) is 17.1. The monoisotopic (exact) mass is 636 g/mol. The highest BCUT2D eigenvalue weighted by Gasteiger charge is 2.18. The van der Waals surface area contributed by atoms with Crippen molar-refractivity contribution in [2.24, 2.45) is 0 Å². The van der Waals surface area contributed by atoms with Gasteiger partial charge in [0.2, 0.25) is 0 Å². The molecule has 9 aromatic carbocycles. The predicted octanol–water partition coefficient (Wildman–Crippen LogP) is 13.9. The minimum Gasteiger partial charge on any atom is -0.456 e. The van der Waals surface area contributed by atoms with Gasteiger partial charge in [-0.1, -0.05) is 127 Å². The highest BCUT2D eigenvalue weighted by Crippen LogP contribution is 2.45. The number of furan rings is 2. The highest BCUT2D eigenvalue weighted by molar-refractivity contribution is 6.22. The van der Waals surface area contributed by atoms with Crippen LogP contribution >= 0.6 is 0 Å². The highest BCUT2D eigenvalue weighted by atomic mass is 16.3. The first kappa shape index (κ1) is 27.3. The largest absolute Gasteiger partial charge is 0.456 e. The van der Waals surface area contributed by atoms with E-state index in [0.29, 0.717) is 0 Å². The molecule has 0 saturated carbocycles. The summed E-state index contributed by atoms with van der Waals surface area (Å²) in [6.45, 7) is 0. The lowest BCUT2D eigenvalue weighted by Gasteiger charge is -2.18. The minimum absolute atomic E-state index is 0.870. The Morgan fingerprint density at radius 2 is 0.720 bits per heavy atom. The molecule has 0 aliphatic rings. The molecule has 0 bridgehead atoms. The zero-order chi connectivity index (χ0) is 32.8. The van der Waals surface area contributed by atoms with E-state index in [1.165, 1.54) is 54.6 Å². The topological polar surface area (TPSA) is 26.3 Å². The summed E-state index contributed by atoms with van der Waals surface area (Å²) in [6.07, 6.45) is 0. The van der Waals surface area contributed by atoms with Crippen LogP contribution in [-0.2, 0) is 0 Å². The molecule has 2 heteroatoms. The molecule has 0 unspecified atom stereocenters. The fourth-order valence-corrected chi connectivity index (χ4v) is 8.12. The first-order chi connectivity index (χ1) is 24.8. The Balaban J connectivity index is 1.10. The van der Waals surface area contributed by atoms with Crippen molar-refractivity contribution in [3.8, 4) is 33.4 Å². The molecule has 0 fully saturated rings. The van der Waals surface area contributed by atoms with E-state index in [0.717, 1.165) is 55.0 Å². The molecule has 2 nitrogen and oxygen atoms in total. The van der Waals surface area contributed by atoms with E-state index in [1.54, 1.807) is 0 Å². The molecular weight excluding hydrogens is 609 g/mol. The van der Waals surface area contributed by atoms with Crippen molar-refractivity contribution in [2.75, 3.05) is 0 Å². The van der Waals surface area contributed by atoms with Crippen molar-refractivity contribution in [3.05, 3.63) is 170 Å². The summed E-state index contributed by atoms with van der Waals surface area (Å²) in [4.78, 5) is 0. The molecule has 0 aliphatic carbocycles. The maximum Gasteiger partial charge on any atom is 0.136 e. The van der Waals surface area contributed by atoms with E-state index in [2.05, 4.69) is 152 Å². The molecule has 0 radical (unpaired) electrons. The lowest BCUT2D eigenvalue weighted by Crippen LogP contribution is -1.91. The SMILES string of the molecule is c1cc(-c2ccc3oc4cc5c(cc4c3c2)oc2ccccc25)cc(-c2c3ccccc3c(-c3ccc4ccccc4c3)c3ccccc23)c1. The minimum atomic E-state index is 0.870. The van der Waals surface area contributed by atoms with Crippen molar-refractivity contribution >= 4 is 76.2 Å². The molecule has 0 spiro atoms. The fourth-order valence-electron chi connectivity index (χ4n) is 8.12. The summed E-state index contributed by atoms with van der Waals surface area (Å²) in [5.74, 6) is 0. The Bertz CT molecular complexity index is 3100. The number of hydrogen-bond donors (Lipinski definition) is 0. The van der Waals surface area contributed by atoms with Gasteiger partial charge in [-0.25, -0.2) is 0 Å². The number of benzene rings is 9. The van der Waals surface area contributed by atoms with Crippen molar-refractivity contribution in [1.29, 1.82) is 0 Å². The number of rotatable bonds is 3. The second kappa shape index (κ2) is 10.4. The van der Waals surface area contributed by atoms with E-state index >= 15 is 0 Å². The molecule has 50 heavy (non-hydrogen) atoms. The molecule has 232 valence electrons. The zero-order valence-corrected chi connectivity index (χ0v) is 27.0. The number of hydrogen-bond acceptors (Lipinski definition) is 2. The summed E-state index contributed by atoms with van der Waals surface area (Å²) in [5.41, 5.74) is 10.8. The maximum atomic E-state index is 6.39. The second-order valence-corrected chi connectivity index (χ2v) is 13.2. The Morgan fingerprint density at radius 3 is 1.42 bits per heavy atom. The molecule has 0 amide bonds. The number of para-hydroxylation sites is 1. The van der Waals surface area contributed by atoms with E-state index in [4.69, 9.17) is 8.83 Å². The van der Waals surface area contributed by atoms with Gasteiger partial charge in [0.15, 0.2) is 0 Å². The van der Waals surface area contributed by atoms with Crippen LogP contribution in [0.15, 0.2) is 179 Å². The molecule has 2 heterocycles. The molecule has 0 N–H and O–H groups in total. The normalized spacial score (nSPS) is 12.0. The molecular formula is C48H28O2. The van der Waals surface area contributed by atoms with Crippen LogP contribution in [-0.4, -0.2) is 0 Å². The van der Waals surface area contributed by atoms with Crippen molar-refractivity contribution < 1.29 is 8.83 Å². The van der Waals surface area contributed by atoms with Gasteiger partial charge in [0.25, 0.3) is 0 Å². The fraction of sp³-hybridized carbons (Fsp3) is 0. The van der Waals surface area contributed by atoms with E-state index < -0.39 is 0 Å². The molecule has 2 aromatic heterocycles. The smallest absolute Gasteiger partial charge is 0.136 e. The zero-order valence-electron chi connectivity index (χ0n) is 27.0. The standard InChI is InChI=1S/C48H28O2/c1-2-11-30-24-34(21-20-29(30)10-1)48-38-17-5-3-15-36(38)47(37-16-4-6-18-39(37)48)33-13-9-12-31(25-33)32-22-23-44-40(26-32)42-28-45-41(27-46(42)50-44)35-14-7-8-19-43(35)49-45/h1-28H. The van der Waals surface area contributed by atoms with Gasteiger partial charge >= 0.3 is 0 Å². The van der Waals surface area contributed by atoms with Gasteiger partial charge < -0.3 is 8.83 Å². The molecule has 11 aromatic rings. The van der Waals surface area contributed by atoms with Crippen LogP contribution in [0.3, 0.4) is 0 Å². The van der Waals surface area contributed by atoms with Crippen molar-refractivity contribution in [2.45, 2.75) is 0 Å². The quantitative estimate of drug-likeness (QED) is 0.180. The predicted molar refractivity (Wildman–Crippen MR) is 210 cm³/mol. The third kappa shape index (κ3) is 4.03. The van der Waals surface area contributed by atoms with Crippen LogP contribution in [0.5, 0.6) is 0 Å². The molecule has 0 atom stereocenters. The van der Waals surface area contributed by atoms with Gasteiger partial charge in [-0.2, -0.15) is 0 Å². The maximum absolute atomic E-state index is 6.39. The van der Waals surface area contributed by atoms with Gasteiger partial charge in [0.1, 0.15) is 22.3 Å². The molecule has 0 aliphatic heterocycles. The Kier molecular flexibility index (Phi) is 5.70. The van der Waals surface area contributed by atoms with Crippen LogP contribution in [0.1, 0.15) is 0 Å². The molecule has 11 rings (SSSR count). The van der Waals surface area contributed by atoms with E-state index in [1.807, 2.05) is 18.2 Å². The van der Waals surface area contributed by atoms with Crippen LogP contribution in [0.4, 0.5) is 0 Å². The summed E-state index contributed by atoms with van der Waals surface area (Å²) in [6, 6.07) is 61.1.